The standard InChI is InChI=1S/C28H47N3O4Si/c1-19(2)24(26(29)33)31-27(34)25(20(3)4)30-23(32)18-17-22(35-36(8,9)28(5,6)7)16-15-21-13-11-10-12-14-21/h10-14,17-20,22,24-25H,15-16H2,1-9H3,(H2,29,33)(H,30,32)(H,31,34)/b18-17-/t22?,24-,25-/m0/s1. The molecular weight excluding hydrogens is 470 g/mol. The number of benzene rings is 1. The fourth-order valence-corrected chi connectivity index (χ4v) is 4.75. The van der Waals surface area contributed by atoms with Crippen molar-refractivity contribution in [2.45, 2.75) is 97.6 Å². The molecule has 8 heteroatoms. The average Bonchev–Trinajstić information content (AvgIpc) is 2.76. The average molecular weight is 518 g/mol. The minimum atomic E-state index is -2.08. The topological polar surface area (TPSA) is 111 Å². The molecular formula is C28H47N3O4Si. The van der Waals surface area contributed by atoms with Crippen LogP contribution < -0.4 is 16.4 Å². The van der Waals surface area contributed by atoms with Gasteiger partial charge in [-0.3, -0.25) is 14.4 Å². The lowest BCUT2D eigenvalue weighted by Gasteiger charge is -2.38. The predicted octanol–water partition coefficient (Wildman–Crippen LogP) is 4.33. The normalized spacial score (nSPS) is 15.1. The first kappa shape index (κ1) is 31.6. The summed E-state index contributed by atoms with van der Waals surface area (Å²) in [6.07, 6.45) is 4.59. The maximum Gasteiger partial charge on any atom is 0.244 e. The number of hydrogen-bond donors (Lipinski definition) is 3. The van der Waals surface area contributed by atoms with E-state index in [0.29, 0.717) is 0 Å². The summed E-state index contributed by atoms with van der Waals surface area (Å²) in [7, 11) is -2.08. The van der Waals surface area contributed by atoms with E-state index in [1.54, 1.807) is 19.9 Å². The first-order valence-electron chi connectivity index (χ1n) is 12.8. The van der Waals surface area contributed by atoms with Gasteiger partial charge in [-0.05, 0) is 48.4 Å². The number of amides is 3. The highest BCUT2D eigenvalue weighted by Crippen LogP contribution is 2.37. The molecule has 3 atom stereocenters. The molecule has 0 heterocycles. The van der Waals surface area contributed by atoms with Gasteiger partial charge >= 0.3 is 0 Å². The zero-order chi connectivity index (χ0) is 27.7. The molecule has 1 aromatic carbocycles. The molecule has 1 rings (SSSR count). The number of primary amides is 1. The Hall–Kier alpha value is -2.45. The lowest BCUT2D eigenvalue weighted by Crippen LogP contribution is -2.56. The third-order valence-electron chi connectivity index (χ3n) is 6.79. The summed E-state index contributed by atoms with van der Waals surface area (Å²) in [6, 6.07) is 8.59. The Labute approximate surface area is 218 Å². The van der Waals surface area contributed by atoms with Crippen LogP contribution in [0.5, 0.6) is 0 Å². The second kappa shape index (κ2) is 13.7. The molecule has 0 aromatic heterocycles. The minimum Gasteiger partial charge on any atom is -0.411 e. The van der Waals surface area contributed by atoms with Crippen molar-refractivity contribution in [2.75, 3.05) is 0 Å². The van der Waals surface area contributed by atoms with Gasteiger partial charge in [-0.1, -0.05) is 84.9 Å². The molecule has 0 saturated carbocycles. The molecule has 202 valence electrons. The summed E-state index contributed by atoms with van der Waals surface area (Å²) in [5, 5.41) is 5.50. The highest BCUT2D eigenvalue weighted by Gasteiger charge is 2.38. The minimum absolute atomic E-state index is 0.0301. The fourth-order valence-electron chi connectivity index (χ4n) is 3.44. The molecule has 3 amide bonds. The van der Waals surface area contributed by atoms with Gasteiger partial charge in [0, 0.05) is 6.08 Å². The van der Waals surface area contributed by atoms with Crippen LogP contribution in [0.2, 0.25) is 18.1 Å². The van der Waals surface area contributed by atoms with Crippen molar-refractivity contribution in [1.82, 2.24) is 10.6 Å². The Morgan fingerprint density at radius 1 is 0.972 bits per heavy atom. The van der Waals surface area contributed by atoms with E-state index in [1.165, 1.54) is 11.6 Å². The zero-order valence-electron chi connectivity index (χ0n) is 23.6. The molecule has 0 fully saturated rings. The van der Waals surface area contributed by atoms with Gasteiger partial charge in [0.2, 0.25) is 17.7 Å². The van der Waals surface area contributed by atoms with Gasteiger partial charge in [0.25, 0.3) is 0 Å². The first-order chi connectivity index (χ1) is 16.5. The summed E-state index contributed by atoms with van der Waals surface area (Å²) >= 11 is 0. The molecule has 0 bridgehead atoms. The molecule has 0 aliphatic carbocycles. The molecule has 7 nitrogen and oxygen atoms in total. The van der Waals surface area contributed by atoms with Crippen LogP contribution in [-0.2, 0) is 25.2 Å². The van der Waals surface area contributed by atoms with Crippen LogP contribution in [0.15, 0.2) is 42.5 Å². The van der Waals surface area contributed by atoms with Crippen LogP contribution in [0.25, 0.3) is 0 Å². The summed E-state index contributed by atoms with van der Waals surface area (Å²) in [6.45, 7) is 18.2. The second-order valence-electron chi connectivity index (χ2n) is 11.7. The monoisotopic (exact) mass is 517 g/mol. The lowest BCUT2D eigenvalue weighted by molar-refractivity contribution is -0.132. The van der Waals surface area contributed by atoms with Gasteiger partial charge in [0.05, 0.1) is 6.10 Å². The maximum absolute atomic E-state index is 12.9. The van der Waals surface area contributed by atoms with E-state index < -0.39 is 32.2 Å². The van der Waals surface area contributed by atoms with Crippen molar-refractivity contribution in [1.29, 1.82) is 0 Å². The van der Waals surface area contributed by atoms with Gasteiger partial charge < -0.3 is 20.8 Å². The Bertz CT molecular complexity index is 892. The number of rotatable bonds is 13. The largest absolute Gasteiger partial charge is 0.411 e. The Balaban J connectivity index is 2.99. The van der Waals surface area contributed by atoms with Gasteiger partial charge in [0.1, 0.15) is 12.1 Å². The first-order valence-corrected chi connectivity index (χ1v) is 15.8. The van der Waals surface area contributed by atoms with Crippen molar-refractivity contribution in [3.8, 4) is 0 Å². The summed E-state index contributed by atoms with van der Waals surface area (Å²) < 4.78 is 6.62. The zero-order valence-corrected chi connectivity index (χ0v) is 24.6. The van der Waals surface area contributed by atoms with Crippen LogP contribution in [0.3, 0.4) is 0 Å². The Morgan fingerprint density at radius 3 is 2.00 bits per heavy atom. The summed E-state index contributed by atoms with van der Waals surface area (Å²) in [4.78, 5) is 37.4. The molecule has 1 unspecified atom stereocenters. The number of carbonyl (C=O) groups excluding carboxylic acids is 3. The van der Waals surface area contributed by atoms with E-state index in [4.69, 9.17) is 10.2 Å². The van der Waals surface area contributed by atoms with E-state index in [2.05, 4.69) is 56.6 Å². The molecule has 36 heavy (non-hydrogen) atoms. The fraction of sp³-hybridized carbons (Fsp3) is 0.607. The van der Waals surface area contributed by atoms with Crippen LogP contribution >= 0.6 is 0 Å². The summed E-state index contributed by atoms with van der Waals surface area (Å²) in [5.74, 6) is -1.75. The van der Waals surface area contributed by atoms with E-state index in [9.17, 15) is 14.4 Å². The molecule has 0 saturated heterocycles. The molecule has 0 aliphatic heterocycles. The van der Waals surface area contributed by atoms with Crippen LogP contribution in [0, 0.1) is 11.8 Å². The number of nitrogens with two attached hydrogens (primary N) is 1. The summed E-state index contributed by atoms with van der Waals surface area (Å²) in [5.41, 5.74) is 6.65. The van der Waals surface area contributed by atoms with Crippen LogP contribution in [0.1, 0.15) is 60.5 Å². The van der Waals surface area contributed by atoms with E-state index in [1.807, 2.05) is 32.0 Å². The van der Waals surface area contributed by atoms with Gasteiger partial charge in [-0.25, -0.2) is 0 Å². The Kier molecular flexibility index (Phi) is 12.1. The predicted molar refractivity (Wildman–Crippen MR) is 149 cm³/mol. The van der Waals surface area contributed by atoms with Crippen LogP contribution in [0.4, 0.5) is 0 Å². The van der Waals surface area contributed by atoms with Crippen molar-refractivity contribution in [2.24, 2.45) is 17.6 Å². The SMILES string of the molecule is CC(C)[C@H](NC(=O)[C@@H](NC(=O)/C=C\C(CCc1ccccc1)O[Si](C)(C)C(C)(C)C)C(C)C)C(N)=O. The third-order valence-corrected chi connectivity index (χ3v) is 11.3. The molecule has 0 radical (unpaired) electrons. The number of carbonyl (C=O) groups is 3. The smallest absolute Gasteiger partial charge is 0.244 e. The number of nitrogens with one attached hydrogen (secondary N) is 2. The molecule has 0 aliphatic rings. The van der Waals surface area contributed by atoms with E-state index >= 15 is 0 Å². The highest BCUT2D eigenvalue weighted by molar-refractivity contribution is 6.74. The van der Waals surface area contributed by atoms with Crippen molar-refractivity contribution < 1.29 is 18.8 Å². The van der Waals surface area contributed by atoms with Crippen molar-refractivity contribution in [3.05, 3.63) is 48.0 Å². The van der Waals surface area contributed by atoms with Crippen LogP contribution in [-0.4, -0.2) is 44.2 Å². The van der Waals surface area contributed by atoms with Gasteiger partial charge in [-0.15, -0.1) is 0 Å². The lowest BCUT2D eigenvalue weighted by atomic mass is 10.00. The van der Waals surface area contributed by atoms with Crippen molar-refractivity contribution >= 4 is 26.0 Å². The van der Waals surface area contributed by atoms with Gasteiger partial charge in [0.15, 0.2) is 8.32 Å². The quantitative estimate of drug-likeness (QED) is 0.267. The van der Waals surface area contributed by atoms with Gasteiger partial charge in [-0.2, -0.15) is 0 Å². The molecule has 1 aromatic rings. The second-order valence-corrected chi connectivity index (χ2v) is 16.4. The highest BCUT2D eigenvalue weighted by atomic mass is 28.4. The Morgan fingerprint density at radius 2 is 1.53 bits per heavy atom. The van der Waals surface area contributed by atoms with Crippen molar-refractivity contribution in [3.63, 3.8) is 0 Å². The van der Waals surface area contributed by atoms with E-state index in [-0.39, 0.29) is 28.9 Å². The number of aryl methyl sites for hydroxylation is 1. The molecule has 4 N–H and O–H groups in total. The maximum atomic E-state index is 12.9. The third kappa shape index (κ3) is 10.3. The molecule has 0 spiro atoms. The number of hydrogen-bond acceptors (Lipinski definition) is 4. The van der Waals surface area contributed by atoms with E-state index in [0.717, 1.165) is 12.8 Å².